The van der Waals surface area contributed by atoms with Crippen LogP contribution in [0.3, 0.4) is 0 Å². The summed E-state index contributed by atoms with van der Waals surface area (Å²) in [5.41, 5.74) is 5.84. The lowest BCUT2D eigenvalue weighted by atomic mass is 9.83. The maximum atomic E-state index is 12.6. The summed E-state index contributed by atoms with van der Waals surface area (Å²) in [7, 11) is -3.34. The van der Waals surface area contributed by atoms with Crippen LogP contribution in [0, 0.1) is 12.3 Å². The Balaban J connectivity index is 2.25. The van der Waals surface area contributed by atoms with Gasteiger partial charge in [0.2, 0.25) is 10.0 Å². The lowest BCUT2D eigenvalue weighted by Gasteiger charge is -2.36. The summed E-state index contributed by atoms with van der Waals surface area (Å²) in [6.07, 6.45) is 1.83. The van der Waals surface area contributed by atoms with E-state index in [0.29, 0.717) is 24.5 Å². The van der Waals surface area contributed by atoms with E-state index in [4.69, 9.17) is 5.73 Å². The quantitative estimate of drug-likeness (QED) is 0.932. The fourth-order valence-electron chi connectivity index (χ4n) is 2.35. The molecule has 2 rings (SSSR count). The van der Waals surface area contributed by atoms with Gasteiger partial charge in [-0.15, -0.1) is 11.3 Å². The molecule has 0 radical (unpaired) electrons. The van der Waals surface area contributed by atoms with Crippen LogP contribution in [-0.4, -0.2) is 25.8 Å². The first-order valence-electron chi connectivity index (χ1n) is 6.56. The average Bonchev–Trinajstić information content (AvgIpc) is 2.70. The van der Waals surface area contributed by atoms with Crippen molar-refractivity contribution in [2.75, 3.05) is 13.1 Å². The van der Waals surface area contributed by atoms with Crippen LogP contribution in [0.25, 0.3) is 0 Å². The van der Waals surface area contributed by atoms with Gasteiger partial charge in [-0.1, -0.05) is 13.8 Å². The average molecular weight is 302 g/mol. The SMILES string of the molecule is Cc1sc(CN)cc1S(=O)(=O)N1CCC(C)(C)CC1. The molecule has 0 atom stereocenters. The Bertz CT molecular complexity index is 551. The third-order valence-corrected chi connectivity index (χ3v) is 7.05. The number of hydrogen-bond acceptors (Lipinski definition) is 4. The number of piperidine rings is 1. The molecule has 2 heterocycles. The van der Waals surface area contributed by atoms with Gasteiger partial charge in [-0.3, -0.25) is 0 Å². The van der Waals surface area contributed by atoms with Crippen molar-refractivity contribution >= 4 is 21.4 Å². The molecule has 6 heteroatoms. The van der Waals surface area contributed by atoms with E-state index < -0.39 is 10.0 Å². The molecule has 1 aromatic rings. The number of nitrogens with two attached hydrogens (primary N) is 1. The first-order valence-corrected chi connectivity index (χ1v) is 8.81. The maximum absolute atomic E-state index is 12.6. The van der Waals surface area contributed by atoms with E-state index >= 15 is 0 Å². The van der Waals surface area contributed by atoms with Gasteiger partial charge in [-0.2, -0.15) is 4.31 Å². The van der Waals surface area contributed by atoms with Gasteiger partial charge in [0.1, 0.15) is 0 Å². The first-order chi connectivity index (χ1) is 8.76. The van der Waals surface area contributed by atoms with Crippen LogP contribution in [0.15, 0.2) is 11.0 Å². The van der Waals surface area contributed by atoms with Crippen LogP contribution in [0.1, 0.15) is 36.4 Å². The number of rotatable bonds is 3. The molecule has 0 amide bonds. The van der Waals surface area contributed by atoms with Crippen LogP contribution in [0.4, 0.5) is 0 Å². The normalized spacial score (nSPS) is 20.6. The predicted molar refractivity (Wildman–Crippen MR) is 78.7 cm³/mol. The van der Waals surface area contributed by atoms with E-state index in [1.54, 1.807) is 10.4 Å². The van der Waals surface area contributed by atoms with Gasteiger partial charge in [0.25, 0.3) is 0 Å². The maximum Gasteiger partial charge on any atom is 0.244 e. The molecule has 1 aromatic heterocycles. The van der Waals surface area contributed by atoms with Crippen molar-refractivity contribution in [1.29, 1.82) is 0 Å². The molecule has 19 heavy (non-hydrogen) atoms. The van der Waals surface area contributed by atoms with E-state index in [1.807, 2.05) is 6.92 Å². The molecule has 2 N–H and O–H groups in total. The van der Waals surface area contributed by atoms with Crippen LogP contribution in [-0.2, 0) is 16.6 Å². The van der Waals surface area contributed by atoms with Gasteiger partial charge >= 0.3 is 0 Å². The molecule has 0 bridgehead atoms. The predicted octanol–water partition coefficient (Wildman–Crippen LogP) is 2.33. The van der Waals surface area contributed by atoms with Gasteiger partial charge in [-0.05, 0) is 31.2 Å². The number of sulfonamides is 1. The minimum Gasteiger partial charge on any atom is -0.326 e. The molecule has 0 unspecified atom stereocenters. The molecule has 0 spiro atoms. The number of aryl methyl sites for hydroxylation is 1. The Labute approximate surface area is 119 Å². The summed E-state index contributed by atoms with van der Waals surface area (Å²) in [6, 6.07) is 1.73. The van der Waals surface area contributed by atoms with Crippen molar-refractivity contribution in [1.82, 2.24) is 4.31 Å². The highest BCUT2D eigenvalue weighted by Crippen LogP contribution is 2.34. The van der Waals surface area contributed by atoms with Crippen molar-refractivity contribution in [3.8, 4) is 0 Å². The van der Waals surface area contributed by atoms with E-state index in [1.165, 1.54) is 11.3 Å². The molecule has 108 valence electrons. The number of nitrogens with zero attached hydrogens (tertiary/aromatic N) is 1. The topological polar surface area (TPSA) is 63.4 Å². The second kappa shape index (κ2) is 5.16. The zero-order chi connectivity index (χ0) is 14.3. The van der Waals surface area contributed by atoms with Crippen molar-refractivity contribution in [2.45, 2.75) is 45.1 Å². The van der Waals surface area contributed by atoms with Gasteiger partial charge in [-0.25, -0.2) is 8.42 Å². The molecular weight excluding hydrogens is 280 g/mol. The largest absolute Gasteiger partial charge is 0.326 e. The number of hydrogen-bond donors (Lipinski definition) is 1. The van der Waals surface area contributed by atoms with Crippen LogP contribution in [0.5, 0.6) is 0 Å². The van der Waals surface area contributed by atoms with Gasteiger partial charge < -0.3 is 5.73 Å². The summed E-state index contributed by atoms with van der Waals surface area (Å²) in [5.74, 6) is 0. The van der Waals surface area contributed by atoms with Crippen LogP contribution in [0.2, 0.25) is 0 Å². The lowest BCUT2D eigenvalue weighted by molar-refractivity contribution is 0.196. The van der Waals surface area contributed by atoms with Crippen molar-refractivity contribution < 1.29 is 8.42 Å². The highest BCUT2D eigenvalue weighted by atomic mass is 32.2. The van der Waals surface area contributed by atoms with E-state index in [0.717, 1.165) is 22.6 Å². The minimum atomic E-state index is -3.34. The summed E-state index contributed by atoms with van der Waals surface area (Å²) in [5, 5.41) is 0. The molecule has 1 aliphatic rings. The Morgan fingerprint density at radius 2 is 1.95 bits per heavy atom. The van der Waals surface area contributed by atoms with Gasteiger partial charge in [0, 0.05) is 29.4 Å². The molecule has 1 fully saturated rings. The third-order valence-electron chi connectivity index (χ3n) is 3.82. The Hall–Kier alpha value is -0.430. The van der Waals surface area contributed by atoms with Crippen LogP contribution < -0.4 is 5.73 Å². The summed E-state index contributed by atoms with van der Waals surface area (Å²) in [6.45, 7) is 7.86. The van der Waals surface area contributed by atoms with Crippen molar-refractivity contribution in [2.24, 2.45) is 11.1 Å². The van der Waals surface area contributed by atoms with E-state index in [2.05, 4.69) is 13.8 Å². The zero-order valence-corrected chi connectivity index (χ0v) is 13.4. The molecule has 1 saturated heterocycles. The second-order valence-electron chi connectivity index (χ2n) is 5.91. The fraction of sp³-hybridized carbons (Fsp3) is 0.692. The Kier molecular flexibility index (Phi) is 4.07. The van der Waals surface area contributed by atoms with Crippen molar-refractivity contribution in [3.63, 3.8) is 0 Å². The second-order valence-corrected chi connectivity index (χ2v) is 9.15. The van der Waals surface area contributed by atoms with E-state index in [9.17, 15) is 8.42 Å². The highest BCUT2D eigenvalue weighted by Gasteiger charge is 2.34. The van der Waals surface area contributed by atoms with Gasteiger partial charge in [0.05, 0.1) is 4.90 Å². The van der Waals surface area contributed by atoms with Crippen LogP contribution >= 0.6 is 11.3 Å². The molecule has 4 nitrogen and oxygen atoms in total. The first kappa shape index (κ1) is 15.0. The summed E-state index contributed by atoms with van der Waals surface area (Å²) in [4.78, 5) is 2.20. The molecule has 1 aliphatic heterocycles. The standard InChI is InChI=1S/C13H22N2O2S2/c1-10-12(8-11(9-14)18-10)19(16,17)15-6-4-13(2,3)5-7-15/h8H,4-7,9,14H2,1-3H3. The zero-order valence-electron chi connectivity index (χ0n) is 11.8. The molecule has 0 saturated carbocycles. The summed E-state index contributed by atoms with van der Waals surface area (Å²) < 4.78 is 26.9. The fourth-order valence-corrected chi connectivity index (χ4v) is 5.28. The highest BCUT2D eigenvalue weighted by molar-refractivity contribution is 7.89. The lowest BCUT2D eigenvalue weighted by Crippen LogP contribution is -2.41. The van der Waals surface area contributed by atoms with Crippen molar-refractivity contribution in [3.05, 3.63) is 15.8 Å². The Morgan fingerprint density at radius 3 is 2.42 bits per heavy atom. The monoisotopic (exact) mass is 302 g/mol. The number of thiophene rings is 1. The molecular formula is C13H22N2O2S2. The summed E-state index contributed by atoms with van der Waals surface area (Å²) >= 11 is 1.47. The minimum absolute atomic E-state index is 0.248. The smallest absolute Gasteiger partial charge is 0.244 e. The third kappa shape index (κ3) is 3.02. The Morgan fingerprint density at radius 1 is 1.37 bits per heavy atom. The molecule has 0 aliphatic carbocycles. The molecule has 0 aromatic carbocycles. The van der Waals surface area contributed by atoms with Gasteiger partial charge in [0.15, 0.2) is 0 Å². The van der Waals surface area contributed by atoms with E-state index in [-0.39, 0.29) is 5.41 Å².